The molecule has 1 heterocycles. The molecule has 0 saturated heterocycles. The Hall–Kier alpha value is -1.67. The minimum atomic E-state index is 0.399. The van der Waals surface area contributed by atoms with Crippen LogP contribution in [0.4, 0.5) is 5.69 Å². The summed E-state index contributed by atoms with van der Waals surface area (Å²) in [6.07, 6.45) is 0. The number of fused-ring (bicyclic) bond motifs is 1. The Morgan fingerprint density at radius 2 is 2.11 bits per heavy atom. The summed E-state index contributed by atoms with van der Waals surface area (Å²) in [5.74, 6) is 1.41. The molecule has 98 valence electrons. The Kier molecular flexibility index (Phi) is 3.34. The van der Waals surface area contributed by atoms with Crippen molar-refractivity contribution < 1.29 is 4.74 Å². The van der Waals surface area contributed by atoms with E-state index in [1.165, 1.54) is 5.56 Å². The monoisotopic (exact) mass is 273 g/mol. The van der Waals surface area contributed by atoms with Gasteiger partial charge in [0.25, 0.3) is 0 Å². The van der Waals surface area contributed by atoms with Crippen LogP contribution in [-0.4, -0.2) is 13.2 Å². The van der Waals surface area contributed by atoms with Crippen LogP contribution in [0.15, 0.2) is 42.5 Å². The maximum atomic E-state index is 6.13. The van der Waals surface area contributed by atoms with E-state index < -0.39 is 0 Å². The normalized spacial score (nSPS) is 16.8. The molecule has 0 aliphatic carbocycles. The number of nitrogens with one attached hydrogen (secondary N) is 1. The molecular weight excluding hydrogens is 258 g/mol. The Morgan fingerprint density at radius 1 is 1.26 bits per heavy atom. The Bertz CT molecular complexity index is 597. The van der Waals surface area contributed by atoms with Crippen molar-refractivity contribution in [1.29, 1.82) is 0 Å². The quantitative estimate of drug-likeness (QED) is 0.903. The number of para-hydroxylation sites is 1. The molecule has 2 aromatic carbocycles. The van der Waals surface area contributed by atoms with Crippen LogP contribution in [0.5, 0.6) is 5.75 Å². The standard InChI is InChI=1S/C16H16ClNO/c1-11-6-7-13(8-15(11)17)18-9-12-10-19-16-5-3-2-4-14(12)16/h2-8,12,18H,9-10H2,1H3. The topological polar surface area (TPSA) is 21.3 Å². The predicted octanol–water partition coefficient (Wildman–Crippen LogP) is 4.24. The molecule has 0 aromatic heterocycles. The van der Waals surface area contributed by atoms with E-state index >= 15 is 0 Å². The second-order valence-corrected chi connectivity index (χ2v) is 5.30. The van der Waals surface area contributed by atoms with Gasteiger partial charge in [-0.05, 0) is 30.7 Å². The fraction of sp³-hybridized carbons (Fsp3) is 0.250. The number of anilines is 1. The summed E-state index contributed by atoms with van der Waals surface area (Å²) in [6.45, 7) is 3.61. The SMILES string of the molecule is Cc1ccc(NCC2COc3ccccc32)cc1Cl. The first kappa shape index (κ1) is 12.4. The molecule has 1 N–H and O–H groups in total. The van der Waals surface area contributed by atoms with Gasteiger partial charge in [-0.25, -0.2) is 0 Å². The molecule has 1 aliphatic heterocycles. The van der Waals surface area contributed by atoms with Gasteiger partial charge in [-0.15, -0.1) is 0 Å². The summed E-state index contributed by atoms with van der Waals surface area (Å²) in [7, 11) is 0. The van der Waals surface area contributed by atoms with Gasteiger partial charge in [-0.1, -0.05) is 35.9 Å². The van der Waals surface area contributed by atoms with Crippen LogP contribution >= 0.6 is 11.6 Å². The van der Waals surface area contributed by atoms with Gasteiger partial charge in [0.15, 0.2) is 0 Å². The number of hydrogen-bond donors (Lipinski definition) is 1. The Morgan fingerprint density at radius 3 is 2.95 bits per heavy atom. The van der Waals surface area contributed by atoms with Crippen molar-refractivity contribution in [2.24, 2.45) is 0 Å². The van der Waals surface area contributed by atoms with Crippen LogP contribution in [0.1, 0.15) is 17.0 Å². The first-order valence-electron chi connectivity index (χ1n) is 6.46. The lowest BCUT2D eigenvalue weighted by Gasteiger charge is -2.12. The number of ether oxygens (including phenoxy) is 1. The third-order valence-corrected chi connectivity index (χ3v) is 3.93. The number of hydrogen-bond acceptors (Lipinski definition) is 2. The number of rotatable bonds is 3. The molecule has 1 unspecified atom stereocenters. The summed E-state index contributed by atoms with van der Waals surface area (Å²) >= 11 is 6.13. The zero-order valence-corrected chi connectivity index (χ0v) is 11.6. The van der Waals surface area contributed by atoms with Crippen molar-refractivity contribution in [3.63, 3.8) is 0 Å². The highest BCUT2D eigenvalue weighted by atomic mass is 35.5. The van der Waals surface area contributed by atoms with Crippen LogP contribution < -0.4 is 10.1 Å². The third-order valence-electron chi connectivity index (χ3n) is 3.52. The van der Waals surface area contributed by atoms with E-state index in [0.29, 0.717) is 5.92 Å². The minimum Gasteiger partial charge on any atom is -0.493 e. The lowest BCUT2D eigenvalue weighted by atomic mass is 10.0. The average molecular weight is 274 g/mol. The zero-order valence-electron chi connectivity index (χ0n) is 10.8. The summed E-state index contributed by atoms with van der Waals surface area (Å²) < 4.78 is 5.68. The van der Waals surface area contributed by atoms with E-state index in [-0.39, 0.29) is 0 Å². The molecule has 3 rings (SSSR count). The van der Waals surface area contributed by atoms with Gasteiger partial charge in [0, 0.05) is 28.7 Å². The van der Waals surface area contributed by atoms with Gasteiger partial charge >= 0.3 is 0 Å². The molecule has 0 fully saturated rings. The summed E-state index contributed by atoms with van der Waals surface area (Å²) in [4.78, 5) is 0. The van der Waals surface area contributed by atoms with Gasteiger partial charge in [0.2, 0.25) is 0 Å². The summed E-state index contributed by atoms with van der Waals surface area (Å²) in [5.41, 5.74) is 3.44. The Labute approximate surface area is 118 Å². The minimum absolute atomic E-state index is 0.399. The van der Waals surface area contributed by atoms with E-state index in [1.54, 1.807) is 0 Å². The first-order chi connectivity index (χ1) is 9.24. The molecule has 19 heavy (non-hydrogen) atoms. The highest BCUT2D eigenvalue weighted by Gasteiger charge is 2.23. The lowest BCUT2D eigenvalue weighted by Crippen LogP contribution is -2.13. The molecule has 2 aromatic rings. The fourth-order valence-electron chi connectivity index (χ4n) is 2.34. The highest BCUT2D eigenvalue weighted by Crippen LogP contribution is 2.33. The highest BCUT2D eigenvalue weighted by molar-refractivity contribution is 6.31. The van der Waals surface area contributed by atoms with Gasteiger partial charge < -0.3 is 10.1 Å². The summed E-state index contributed by atoms with van der Waals surface area (Å²) in [6, 6.07) is 14.3. The molecule has 2 nitrogen and oxygen atoms in total. The van der Waals surface area contributed by atoms with Crippen molar-refractivity contribution in [3.8, 4) is 5.75 Å². The van der Waals surface area contributed by atoms with Gasteiger partial charge in [-0.2, -0.15) is 0 Å². The number of benzene rings is 2. The molecular formula is C16H16ClNO. The lowest BCUT2D eigenvalue weighted by molar-refractivity contribution is 0.334. The van der Waals surface area contributed by atoms with E-state index in [0.717, 1.165) is 35.2 Å². The number of aryl methyl sites for hydroxylation is 1. The third kappa shape index (κ3) is 2.54. The van der Waals surface area contributed by atoms with Crippen molar-refractivity contribution in [3.05, 3.63) is 58.6 Å². The van der Waals surface area contributed by atoms with E-state index in [1.807, 2.05) is 31.2 Å². The van der Waals surface area contributed by atoms with E-state index in [2.05, 4.69) is 23.5 Å². The average Bonchev–Trinajstić information content (AvgIpc) is 2.83. The van der Waals surface area contributed by atoms with Gasteiger partial charge in [-0.3, -0.25) is 0 Å². The van der Waals surface area contributed by atoms with Crippen LogP contribution in [0, 0.1) is 6.92 Å². The molecule has 1 aliphatic rings. The van der Waals surface area contributed by atoms with E-state index in [9.17, 15) is 0 Å². The second kappa shape index (κ2) is 5.14. The van der Waals surface area contributed by atoms with Crippen LogP contribution in [0.3, 0.4) is 0 Å². The first-order valence-corrected chi connectivity index (χ1v) is 6.83. The largest absolute Gasteiger partial charge is 0.493 e. The number of halogens is 1. The van der Waals surface area contributed by atoms with Crippen LogP contribution in [0.25, 0.3) is 0 Å². The molecule has 0 saturated carbocycles. The zero-order chi connectivity index (χ0) is 13.2. The molecule has 1 atom stereocenters. The summed E-state index contributed by atoms with van der Waals surface area (Å²) in [5, 5.41) is 4.23. The fourth-order valence-corrected chi connectivity index (χ4v) is 2.52. The predicted molar refractivity (Wildman–Crippen MR) is 79.4 cm³/mol. The maximum Gasteiger partial charge on any atom is 0.122 e. The second-order valence-electron chi connectivity index (χ2n) is 4.89. The van der Waals surface area contributed by atoms with Crippen LogP contribution in [0.2, 0.25) is 5.02 Å². The van der Waals surface area contributed by atoms with Crippen molar-refractivity contribution in [2.75, 3.05) is 18.5 Å². The van der Waals surface area contributed by atoms with Crippen molar-refractivity contribution >= 4 is 17.3 Å². The smallest absolute Gasteiger partial charge is 0.122 e. The molecule has 3 heteroatoms. The van der Waals surface area contributed by atoms with Crippen LogP contribution in [-0.2, 0) is 0 Å². The molecule has 0 bridgehead atoms. The molecule has 0 radical (unpaired) electrons. The maximum absolute atomic E-state index is 6.13. The van der Waals surface area contributed by atoms with Gasteiger partial charge in [0.05, 0.1) is 6.61 Å². The molecule has 0 amide bonds. The molecule has 0 spiro atoms. The van der Waals surface area contributed by atoms with Crippen molar-refractivity contribution in [1.82, 2.24) is 0 Å². The Balaban J connectivity index is 1.69. The van der Waals surface area contributed by atoms with E-state index in [4.69, 9.17) is 16.3 Å². The van der Waals surface area contributed by atoms with Gasteiger partial charge in [0.1, 0.15) is 5.75 Å². The van der Waals surface area contributed by atoms with Crippen molar-refractivity contribution in [2.45, 2.75) is 12.8 Å².